The van der Waals surface area contributed by atoms with Crippen molar-refractivity contribution in [2.75, 3.05) is 11.9 Å². The van der Waals surface area contributed by atoms with Crippen LogP contribution in [0, 0.1) is 0 Å². The molecule has 1 aromatic carbocycles. The van der Waals surface area contributed by atoms with Gasteiger partial charge in [-0.25, -0.2) is 9.48 Å². The summed E-state index contributed by atoms with van der Waals surface area (Å²) < 4.78 is 1.90. The van der Waals surface area contributed by atoms with Crippen molar-refractivity contribution < 1.29 is 9.90 Å². The number of hydrogen-bond acceptors (Lipinski definition) is 4. The molecule has 0 bridgehead atoms. The van der Waals surface area contributed by atoms with Gasteiger partial charge in [-0.15, -0.1) is 0 Å². The molecule has 0 atom stereocenters. The van der Waals surface area contributed by atoms with E-state index in [1.54, 1.807) is 35.6 Å². The number of rotatable bonds is 3. The van der Waals surface area contributed by atoms with Gasteiger partial charge in [0.2, 0.25) is 0 Å². The van der Waals surface area contributed by atoms with E-state index in [1.165, 1.54) is 5.56 Å². The van der Waals surface area contributed by atoms with E-state index in [9.17, 15) is 4.79 Å². The summed E-state index contributed by atoms with van der Waals surface area (Å²) in [6.07, 6.45) is 3.28. The molecule has 122 valence electrons. The molecule has 0 aliphatic carbocycles. The fraction of sp³-hybridized carbons (Fsp3) is 0.222. The summed E-state index contributed by atoms with van der Waals surface area (Å²) in [6.45, 7) is 0.926. The first kappa shape index (κ1) is 15.0. The molecule has 0 radical (unpaired) electrons. The molecule has 2 aromatic heterocycles. The van der Waals surface area contributed by atoms with Gasteiger partial charge in [0.15, 0.2) is 0 Å². The van der Waals surface area contributed by atoms with E-state index < -0.39 is 5.97 Å². The van der Waals surface area contributed by atoms with Crippen LogP contribution in [0.25, 0.3) is 16.9 Å². The standard InChI is InChI=1S/C18H17N3O2S/c22-18(23)12-4-6-14(7-5-12)21-17-15(3-1-2-9-19-17)16(20-21)13-8-10-24-11-13/h4-8,10-11,19H,1-3,9H2,(H,22,23). The van der Waals surface area contributed by atoms with Crippen molar-refractivity contribution in [3.8, 4) is 16.9 Å². The molecule has 1 aliphatic heterocycles. The third kappa shape index (κ3) is 2.59. The number of carbonyl (C=O) groups is 1. The molecule has 5 nitrogen and oxygen atoms in total. The Kier molecular flexibility index (Phi) is 3.82. The molecule has 3 aromatic rings. The largest absolute Gasteiger partial charge is 0.478 e. The minimum atomic E-state index is -0.919. The van der Waals surface area contributed by atoms with Crippen LogP contribution in [0.15, 0.2) is 41.1 Å². The molecular weight excluding hydrogens is 322 g/mol. The maximum Gasteiger partial charge on any atom is 0.335 e. The van der Waals surface area contributed by atoms with E-state index in [4.69, 9.17) is 10.2 Å². The van der Waals surface area contributed by atoms with Crippen LogP contribution in [-0.2, 0) is 6.42 Å². The predicted octanol–water partition coefficient (Wildman–Crippen LogP) is 4.05. The average molecular weight is 339 g/mol. The van der Waals surface area contributed by atoms with Crippen LogP contribution in [0.4, 0.5) is 5.82 Å². The third-order valence-electron chi connectivity index (χ3n) is 4.28. The van der Waals surface area contributed by atoms with Crippen molar-refractivity contribution in [1.82, 2.24) is 9.78 Å². The molecule has 0 saturated carbocycles. The third-order valence-corrected chi connectivity index (χ3v) is 4.97. The van der Waals surface area contributed by atoms with Crippen LogP contribution < -0.4 is 5.32 Å². The normalized spacial score (nSPS) is 13.8. The van der Waals surface area contributed by atoms with E-state index >= 15 is 0 Å². The maximum atomic E-state index is 11.1. The zero-order chi connectivity index (χ0) is 16.5. The number of carboxylic acids is 1. The molecule has 3 heterocycles. The Bertz CT molecular complexity index is 867. The number of aromatic nitrogens is 2. The lowest BCUT2D eigenvalue weighted by atomic mass is 10.1. The molecule has 4 rings (SSSR count). The van der Waals surface area contributed by atoms with Gasteiger partial charge in [-0.3, -0.25) is 0 Å². The Balaban J connectivity index is 1.84. The minimum absolute atomic E-state index is 0.281. The van der Waals surface area contributed by atoms with Crippen molar-refractivity contribution in [3.63, 3.8) is 0 Å². The van der Waals surface area contributed by atoms with Gasteiger partial charge in [0, 0.05) is 23.1 Å². The van der Waals surface area contributed by atoms with Gasteiger partial charge in [-0.2, -0.15) is 16.4 Å². The summed E-state index contributed by atoms with van der Waals surface area (Å²) >= 11 is 1.67. The SMILES string of the molecule is O=C(O)c1ccc(-n2nc(-c3ccsc3)c3c2NCCCC3)cc1. The Labute approximate surface area is 143 Å². The second-order valence-corrected chi connectivity index (χ2v) is 6.62. The molecule has 2 N–H and O–H groups in total. The molecule has 6 heteroatoms. The van der Waals surface area contributed by atoms with E-state index in [1.807, 2.05) is 4.68 Å². The summed E-state index contributed by atoms with van der Waals surface area (Å²) in [5.41, 5.74) is 4.55. The lowest BCUT2D eigenvalue weighted by molar-refractivity contribution is 0.0697. The molecule has 1 aliphatic rings. The van der Waals surface area contributed by atoms with Crippen LogP contribution in [0.1, 0.15) is 28.8 Å². The monoisotopic (exact) mass is 339 g/mol. The molecule has 0 spiro atoms. The first-order valence-electron chi connectivity index (χ1n) is 7.96. The Morgan fingerprint density at radius 2 is 2.04 bits per heavy atom. The highest BCUT2D eigenvalue weighted by molar-refractivity contribution is 7.08. The molecule has 0 unspecified atom stereocenters. The van der Waals surface area contributed by atoms with Crippen molar-refractivity contribution >= 4 is 23.1 Å². The molecule has 0 fully saturated rings. The fourth-order valence-corrected chi connectivity index (χ4v) is 3.71. The number of nitrogens with one attached hydrogen (secondary N) is 1. The van der Waals surface area contributed by atoms with E-state index in [-0.39, 0.29) is 5.56 Å². The first-order chi connectivity index (χ1) is 11.7. The zero-order valence-corrected chi connectivity index (χ0v) is 13.8. The average Bonchev–Trinajstić information content (AvgIpc) is 3.17. The van der Waals surface area contributed by atoms with Gasteiger partial charge in [-0.1, -0.05) is 0 Å². The van der Waals surface area contributed by atoms with Crippen LogP contribution >= 0.6 is 11.3 Å². The molecule has 0 saturated heterocycles. The number of fused-ring (bicyclic) bond motifs is 1. The molecule has 0 amide bonds. The van der Waals surface area contributed by atoms with E-state index in [0.717, 1.165) is 48.6 Å². The summed E-state index contributed by atoms with van der Waals surface area (Å²) in [4.78, 5) is 11.1. The Morgan fingerprint density at radius 3 is 2.75 bits per heavy atom. The van der Waals surface area contributed by atoms with Gasteiger partial charge in [0.25, 0.3) is 0 Å². The number of aromatic carboxylic acids is 1. The number of carboxylic acid groups (broad SMARTS) is 1. The van der Waals surface area contributed by atoms with Crippen molar-refractivity contribution in [3.05, 3.63) is 52.2 Å². The lowest BCUT2D eigenvalue weighted by Crippen LogP contribution is -2.07. The highest BCUT2D eigenvalue weighted by Crippen LogP contribution is 2.34. The van der Waals surface area contributed by atoms with Crippen LogP contribution in [0.3, 0.4) is 0 Å². The topological polar surface area (TPSA) is 67.1 Å². The number of anilines is 1. The van der Waals surface area contributed by atoms with Crippen molar-refractivity contribution in [1.29, 1.82) is 0 Å². The number of benzene rings is 1. The van der Waals surface area contributed by atoms with Gasteiger partial charge in [0.1, 0.15) is 5.82 Å². The van der Waals surface area contributed by atoms with Crippen LogP contribution in [-0.4, -0.2) is 27.4 Å². The predicted molar refractivity (Wildman–Crippen MR) is 95.3 cm³/mol. The summed E-state index contributed by atoms with van der Waals surface area (Å²) in [5, 5.41) is 21.6. The molecular formula is C18H17N3O2S. The molecule has 24 heavy (non-hydrogen) atoms. The van der Waals surface area contributed by atoms with E-state index in [0.29, 0.717) is 0 Å². The maximum absolute atomic E-state index is 11.1. The number of nitrogens with zero attached hydrogens (tertiary/aromatic N) is 2. The summed E-state index contributed by atoms with van der Waals surface area (Å²) in [5.74, 6) is 0.106. The second kappa shape index (κ2) is 6.13. The second-order valence-electron chi connectivity index (χ2n) is 5.84. The van der Waals surface area contributed by atoms with Crippen LogP contribution in [0.2, 0.25) is 0 Å². The first-order valence-corrected chi connectivity index (χ1v) is 8.90. The highest BCUT2D eigenvalue weighted by Gasteiger charge is 2.21. The number of thiophene rings is 1. The van der Waals surface area contributed by atoms with Crippen LogP contribution in [0.5, 0.6) is 0 Å². The Hall–Kier alpha value is -2.60. The smallest absolute Gasteiger partial charge is 0.335 e. The van der Waals surface area contributed by atoms with Gasteiger partial charge < -0.3 is 10.4 Å². The van der Waals surface area contributed by atoms with Crippen molar-refractivity contribution in [2.45, 2.75) is 19.3 Å². The zero-order valence-electron chi connectivity index (χ0n) is 13.0. The van der Waals surface area contributed by atoms with Crippen molar-refractivity contribution in [2.24, 2.45) is 0 Å². The van der Waals surface area contributed by atoms with Gasteiger partial charge >= 0.3 is 5.97 Å². The van der Waals surface area contributed by atoms with E-state index in [2.05, 4.69) is 22.1 Å². The van der Waals surface area contributed by atoms with Gasteiger partial charge in [-0.05, 0) is 55.0 Å². The summed E-state index contributed by atoms with van der Waals surface area (Å²) in [7, 11) is 0. The quantitative estimate of drug-likeness (QED) is 0.755. The minimum Gasteiger partial charge on any atom is -0.478 e. The number of hydrogen-bond donors (Lipinski definition) is 2. The summed E-state index contributed by atoms with van der Waals surface area (Å²) in [6, 6.07) is 8.94. The fourth-order valence-electron chi connectivity index (χ4n) is 3.07. The van der Waals surface area contributed by atoms with Gasteiger partial charge in [0.05, 0.1) is 16.9 Å². The Morgan fingerprint density at radius 1 is 1.21 bits per heavy atom. The highest BCUT2D eigenvalue weighted by atomic mass is 32.1. The lowest BCUT2D eigenvalue weighted by Gasteiger charge is -2.09.